The van der Waals surface area contributed by atoms with Crippen molar-refractivity contribution in [2.24, 2.45) is 0 Å². The molecule has 2 aromatic rings. The van der Waals surface area contributed by atoms with Crippen LogP contribution in [0.25, 0.3) is 11.1 Å². The first-order chi connectivity index (χ1) is 8.60. The highest BCUT2D eigenvalue weighted by Crippen LogP contribution is 2.22. The molecular weight excluding hydrogens is 232 g/mol. The maximum atomic E-state index is 10.8. The fourth-order valence-electron chi connectivity index (χ4n) is 1.84. The highest BCUT2D eigenvalue weighted by molar-refractivity contribution is 5.77. The summed E-state index contributed by atoms with van der Waals surface area (Å²) in [6.45, 7) is 4.48. The van der Waals surface area contributed by atoms with E-state index in [0.29, 0.717) is 18.1 Å². The molecule has 0 saturated heterocycles. The van der Waals surface area contributed by atoms with E-state index in [1.807, 2.05) is 32.0 Å². The Kier molecular flexibility index (Phi) is 3.50. The number of carboxylic acids is 1. The Morgan fingerprint density at radius 1 is 1.50 bits per heavy atom. The quantitative estimate of drug-likeness (QED) is 0.880. The third-order valence-electron chi connectivity index (χ3n) is 2.62. The van der Waals surface area contributed by atoms with Gasteiger partial charge in [-0.1, -0.05) is 13.0 Å². The lowest BCUT2D eigenvalue weighted by molar-refractivity contribution is -0.135. The third kappa shape index (κ3) is 2.61. The lowest BCUT2D eigenvalue weighted by Crippen LogP contribution is -2.30. The topological polar surface area (TPSA) is 66.6 Å². The molecule has 1 heterocycles. The number of hydrogen-bond acceptors (Lipinski definition) is 4. The molecular formula is C13H16N2O3. The number of aliphatic carboxylic acids is 1. The smallest absolute Gasteiger partial charge is 0.323 e. The van der Waals surface area contributed by atoms with Crippen LogP contribution in [0.4, 0.5) is 6.01 Å². The van der Waals surface area contributed by atoms with Gasteiger partial charge < -0.3 is 14.4 Å². The number of rotatable bonds is 5. The van der Waals surface area contributed by atoms with E-state index in [4.69, 9.17) is 9.52 Å². The fourth-order valence-corrected chi connectivity index (χ4v) is 1.84. The van der Waals surface area contributed by atoms with Crippen LogP contribution in [-0.4, -0.2) is 29.1 Å². The highest BCUT2D eigenvalue weighted by Gasteiger charge is 2.16. The molecule has 5 nitrogen and oxygen atoms in total. The first-order valence-corrected chi connectivity index (χ1v) is 5.94. The van der Waals surface area contributed by atoms with Crippen molar-refractivity contribution in [3.05, 3.63) is 23.8 Å². The number of anilines is 1. The van der Waals surface area contributed by atoms with Gasteiger partial charge in [0.15, 0.2) is 5.58 Å². The maximum absolute atomic E-state index is 10.8. The molecule has 0 amide bonds. The number of hydrogen-bond donors (Lipinski definition) is 1. The van der Waals surface area contributed by atoms with Gasteiger partial charge in [0.05, 0.1) is 0 Å². The average Bonchev–Trinajstić information content (AvgIpc) is 2.70. The van der Waals surface area contributed by atoms with Gasteiger partial charge in [-0.2, -0.15) is 4.98 Å². The van der Waals surface area contributed by atoms with E-state index < -0.39 is 5.97 Å². The molecule has 0 atom stereocenters. The van der Waals surface area contributed by atoms with Crippen LogP contribution in [0.2, 0.25) is 0 Å². The summed E-state index contributed by atoms with van der Waals surface area (Å²) >= 11 is 0. The highest BCUT2D eigenvalue weighted by atomic mass is 16.4. The van der Waals surface area contributed by atoms with Crippen LogP contribution in [0, 0.1) is 6.92 Å². The average molecular weight is 248 g/mol. The van der Waals surface area contributed by atoms with E-state index in [2.05, 4.69) is 4.98 Å². The molecule has 0 unspecified atom stereocenters. The van der Waals surface area contributed by atoms with Gasteiger partial charge >= 0.3 is 5.97 Å². The monoisotopic (exact) mass is 248 g/mol. The van der Waals surface area contributed by atoms with E-state index in [-0.39, 0.29) is 6.54 Å². The Labute approximate surface area is 105 Å². The lowest BCUT2D eigenvalue weighted by atomic mass is 10.2. The summed E-state index contributed by atoms with van der Waals surface area (Å²) in [5.41, 5.74) is 2.54. The number of oxazole rings is 1. The number of benzene rings is 1. The fraction of sp³-hybridized carbons (Fsp3) is 0.385. The van der Waals surface area contributed by atoms with Crippen LogP contribution < -0.4 is 4.90 Å². The van der Waals surface area contributed by atoms with Gasteiger partial charge in [0, 0.05) is 6.54 Å². The summed E-state index contributed by atoms with van der Waals surface area (Å²) < 4.78 is 5.59. The molecule has 0 aliphatic heterocycles. The van der Waals surface area contributed by atoms with Crippen molar-refractivity contribution in [1.29, 1.82) is 0 Å². The van der Waals surface area contributed by atoms with Gasteiger partial charge in [0.2, 0.25) is 0 Å². The van der Waals surface area contributed by atoms with E-state index in [9.17, 15) is 4.79 Å². The Morgan fingerprint density at radius 3 is 2.94 bits per heavy atom. The molecule has 0 fully saturated rings. The van der Waals surface area contributed by atoms with E-state index in [1.165, 1.54) is 0 Å². The van der Waals surface area contributed by atoms with Crippen LogP contribution in [0.3, 0.4) is 0 Å². The number of nitrogens with zero attached hydrogens (tertiary/aromatic N) is 2. The second-order valence-corrected chi connectivity index (χ2v) is 4.28. The van der Waals surface area contributed by atoms with Crippen molar-refractivity contribution in [2.45, 2.75) is 20.3 Å². The van der Waals surface area contributed by atoms with Crippen molar-refractivity contribution < 1.29 is 14.3 Å². The first kappa shape index (κ1) is 12.4. The van der Waals surface area contributed by atoms with Crippen LogP contribution >= 0.6 is 0 Å². The molecule has 1 aromatic carbocycles. The van der Waals surface area contributed by atoms with E-state index in [0.717, 1.165) is 17.5 Å². The minimum Gasteiger partial charge on any atom is -0.480 e. The predicted octanol–water partition coefficient (Wildman–Crippen LogP) is 2.44. The lowest BCUT2D eigenvalue weighted by Gasteiger charge is -2.16. The zero-order chi connectivity index (χ0) is 13.1. The molecule has 0 aliphatic rings. The summed E-state index contributed by atoms with van der Waals surface area (Å²) in [6.07, 6.45) is 0.838. The summed E-state index contributed by atoms with van der Waals surface area (Å²) in [5.74, 6) is -0.887. The molecule has 0 saturated carbocycles. The van der Waals surface area contributed by atoms with Crippen LogP contribution in [-0.2, 0) is 4.79 Å². The maximum Gasteiger partial charge on any atom is 0.323 e. The van der Waals surface area contributed by atoms with E-state index >= 15 is 0 Å². The predicted molar refractivity (Wildman–Crippen MR) is 68.9 cm³/mol. The van der Waals surface area contributed by atoms with E-state index in [1.54, 1.807) is 4.90 Å². The van der Waals surface area contributed by atoms with Crippen molar-refractivity contribution in [1.82, 2.24) is 4.98 Å². The second kappa shape index (κ2) is 5.08. The van der Waals surface area contributed by atoms with Crippen molar-refractivity contribution in [2.75, 3.05) is 18.0 Å². The molecule has 0 aliphatic carbocycles. The third-order valence-corrected chi connectivity index (χ3v) is 2.62. The molecule has 18 heavy (non-hydrogen) atoms. The largest absolute Gasteiger partial charge is 0.480 e. The van der Waals surface area contributed by atoms with Crippen LogP contribution in [0.15, 0.2) is 22.6 Å². The van der Waals surface area contributed by atoms with Gasteiger partial charge in [-0.25, -0.2) is 0 Å². The SMILES string of the molecule is CCCN(CC(=O)O)c1nc2cc(C)ccc2o1. The minimum absolute atomic E-state index is 0.0976. The zero-order valence-electron chi connectivity index (χ0n) is 10.5. The molecule has 96 valence electrons. The molecule has 2 rings (SSSR count). The second-order valence-electron chi connectivity index (χ2n) is 4.28. The number of aromatic nitrogens is 1. The standard InChI is InChI=1S/C13H16N2O3/c1-3-6-15(8-12(16)17)13-14-10-7-9(2)4-5-11(10)18-13/h4-5,7H,3,6,8H2,1-2H3,(H,16,17). The number of carbonyl (C=O) groups is 1. The molecule has 0 radical (unpaired) electrons. The molecule has 0 spiro atoms. The molecule has 1 N–H and O–H groups in total. The van der Waals surface area contributed by atoms with Crippen molar-refractivity contribution in [3.63, 3.8) is 0 Å². The van der Waals surface area contributed by atoms with Crippen molar-refractivity contribution >= 4 is 23.1 Å². The van der Waals surface area contributed by atoms with Gasteiger partial charge in [-0.05, 0) is 31.0 Å². The Hall–Kier alpha value is -2.04. The van der Waals surface area contributed by atoms with Gasteiger partial charge in [0.25, 0.3) is 6.01 Å². The Morgan fingerprint density at radius 2 is 2.28 bits per heavy atom. The number of aryl methyl sites for hydroxylation is 1. The molecule has 1 aromatic heterocycles. The molecule has 0 bridgehead atoms. The van der Waals surface area contributed by atoms with Crippen LogP contribution in [0.1, 0.15) is 18.9 Å². The van der Waals surface area contributed by atoms with Gasteiger partial charge in [-0.3, -0.25) is 4.79 Å². The van der Waals surface area contributed by atoms with Crippen LogP contribution in [0.5, 0.6) is 0 Å². The summed E-state index contributed by atoms with van der Waals surface area (Å²) in [5, 5.41) is 8.88. The molecule has 5 heteroatoms. The normalized spacial score (nSPS) is 10.8. The zero-order valence-corrected chi connectivity index (χ0v) is 10.5. The number of fused-ring (bicyclic) bond motifs is 1. The summed E-state index contributed by atoms with van der Waals surface area (Å²) in [4.78, 5) is 16.8. The van der Waals surface area contributed by atoms with Gasteiger partial charge in [0.1, 0.15) is 12.1 Å². The Balaban J connectivity index is 2.34. The van der Waals surface area contributed by atoms with Crippen molar-refractivity contribution in [3.8, 4) is 0 Å². The minimum atomic E-state index is -0.887. The number of carboxylic acid groups (broad SMARTS) is 1. The Bertz CT molecular complexity index is 562. The summed E-state index contributed by atoms with van der Waals surface area (Å²) in [7, 11) is 0. The summed E-state index contributed by atoms with van der Waals surface area (Å²) in [6, 6.07) is 6.10. The van der Waals surface area contributed by atoms with Gasteiger partial charge in [-0.15, -0.1) is 0 Å². The first-order valence-electron chi connectivity index (χ1n) is 5.94.